The first-order valence-electron chi connectivity index (χ1n) is 8.11. The van der Waals surface area contributed by atoms with E-state index in [1.807, 2.05) is 30.0 Å². The van der Waals surface area contributed by atoms with E-state index in [1.54, 1.807) is 0 Å². The Bertz CT molecular complexity index is 537. The van der Waals surface area contributed by atoms with Crippen molar-refractivity contribution in [3.05, 3.63) is 28.2 Å². The summed E-state index contributed by atoms with van der Waals surface area (Å²) in [6, 6.07) is 5.60. The molecule has 120 valence electrons. The summed E-state index contributed by atoms with van der Waals surface area (Å²) in [6.07, 6.45) is 2.77. The first kappa shape index (κ1) is 15.8. The summed E-state index contributed by atoms with van der Waals surface area (Å²) in [7, 11) is 0. The Kier molecular flexibility index (Phi) is 5.03. The molecule has 3 rings (SSSR count). The van der Waals surface area contributed by atoms with Gasteiger partial charge in [-0.1, -0.05) is 0 Å². The van der Waals surface area contributed by atoms with Gasteiger partial charge in [0.15, 0.2) is 0 Å². The highest BCUT2D eigenvalue weighted by molar-refractivity contribution is 9.10. The van der Waals surface area contributed by atoms with Gasteiger partial charge in [-0.15, -0.1) is 0 Å². The van der Waals surface area contributed by atoms with Gasteiger partial charge in [-0.2, -0.15) is 0 Å². The van der Waals surface area contributed by atoms with Crippen LogP contribution < -0.4 is 4.74 Å². The molecular weight excluding hydrogens is 344 g/mol. The summed E-state index contributed by atoms with van der Waals surface area (Å²) in [5.41, 5.74) is 0.710. The maximum atomic E-state index is 12.6. The number of hydrogen-bond donors (Lipinski definition) is 0. The summed E-state index contributed by atoms with van der Waals surface area (Å²) in [5.74, 6) is 1.77. The second kappa shape index (κ2) is 7.01. The smallest absolute Gasteiger partial charge is 0.254 e. The van der Waals surface area contributed by atoms with E-state index in [0.29, 0.717) is 12.2 Å². The van der Waals surface area contributed by atoms with Gasteiger partial charge in [0.2, 0.25) is 0 Å². The van der Waals surface area contributed by atoms with Crippen LogP contribution in [0.5, 0.6) is 5.75 Å². The maximum absolute atomic E-state index is 12.6. The highest BCUT2D eigenvalue weighted by Crippen LogP contribution is 2.30. The van der Waals surface area contributed by atoms with Gasteiger partial charge in [-0.05, 0) is 59.8 Å². The van der Waals surface area contributed by atoms with E-state index in [9.17, 15) is 4.79 Å². The van der Waals surface area contributed by atoms with Crippen LogP contribution in [-0.4, -0.2) is 55.0 Å². The van der Waals surface area contributed by atoms with Crippen molar-refractivity contribution in [2.45, 2.75) is 19.8 Å². The van der Waals surface area contributed by atoms with Crippen molar-refractivity contribution in [1.82, 2.24) is 9.80 Å². The van der Waals surface area contributed by atoms with E-state index in [2.05, 4.69) is 20.8 Å². The normalized spacial score (nSPS) is 19.3. The van der Waals surface area contributed by atoms with Gasteiger partial charge in [0.05, 0.1) is 11.1 Å². The standard InChI is InChI=1S/C17H23BrN2O2/c1-2-22-16-11-14(5-6-15(16)18)17(21)20-9-7-19(8-10-20)12-13-3-4-13/h5-6,11,13H,2-4,7-10,12H2,1H3. The molecule has 0 unspecified atom stereocenters. The van der Waals surface area contributed by atoms with Crippen LogP contribution in [0, 0.1) is 5.92 Å². The van der Waals surface area contributed by atoms with Crippen molar-refractivity contribution in [1.29, 1.82) is 0 Å². The zero-order valence-corrected chi connectivity index (χ0v) is 14.6. The van der Waals surface area contributed by atoms with E-state index < -0.39 is 0 Å². The maximum Gasteiger partial charge on any atom is 0.254 e. The molecule has 22 heavy (non-hydrogen) atoms. The second-order valence-electron chi connectivity index (χ2n) is 6.11. The first-order valence-corrected chi connectivity index (χ1v) is 8.90. The predicted molar refractivity (Wildman–Crippen MR) is 90.4 cm³/mol. The predicted octanol–water partition coefficient (Wildman–Crippen LogP) is 3.02. The molecule has 0 N–H and O–H groups in total. The fourth-order valence-corrected chi connectivity index (χ4v) is 3.25. The third-order valence-corrected chi connectivity index (χ3v) is 5.01. The van der Waals surface area contributed by atoms with Crippen molar-refractivity contribution >= 4 is 21.8 Å². The number of ether oxygens (including phenoxy) is 1. The van der Waals surface area contributed by atoms with Crippen LogP contribution in [0.15, 0.2) is 22.7 Å². The number of piperazine rings is 1. The van der Waals surface area contributed by atoms with Crippen LogP contribution in [0.1, 0.15) is 30.1 Å². The van der Waals surface area contributed by atoms with E-state index in [1.165, 1.54) is 19.4 Å². The molecule has 1 saturated heterocycles. The van der Waals surface area contributed by atoms with Gasteiger partial charge in [-0.3, -0.25) is 9.69 Å². The number of rotatable bonds is 5. The van der Waals surface area contributed by atoms with Gasteiger partial charge >= 0.3 is 0 Å². The molecular formula is C17H23BrN2O2. The third kappa shape index (κ3) is 3.82. The third-order valence-electron chi connectivity index (χ3n) is 4.35. The molecule has 1 aliphatic carbocycles. The Balaban J connectivity index is 1.60. The molecule has 1 aromatic carbocycles. The fourth-order valence-electron chi connectivity index (χ4n) is 2.88. The molecule has 5 heteroatoms. The van der Waals surface area contributed by atoms with E-state index in [0.717, 1.165) is 42.3 Å². The van der Waals surface area contributed by atoms with Crippen LogP contribution >= 0.6 is 15.9 Å². The molecule has 1 saturated carbocycles. The topological polar surface area (TPSA) is 32.8 Å². The molecule has 0 radical (unpaired) electrons. The van der Waals surface area contributed by atoms with Crippen molar-refractivity contribution in [2.75, 3.05) is 39.3 Å². The monoisotopic (exact) mass is 366 g/mol. The summed E-state index contributed by atoms with van der Waals surface area (Å²) in [4.78, 5) is 17.1. The Labute approximate surface area is 140 Å². The molecule has 1 heterocycles. The molecule has 0 atom stereocenters. The quantitative estimate of drug-likeness (QED) is 0.802. The van der Waals surface area contributed by atoms with E-state index in [4.69, 9.17) is 4.74 Å². The number of carbonyl (C=O) groups excluding carboxylic acids is 1. The minimum atomic E-state index is 0.111. The lowest BCUT2D eigenvalue weighted by molar-refractivity contribution is 0.0631. The minimum absolute atomic E-state index is 0.111. The Morgan fingerprint density at radius 3 is 2.64 bits per heavy atom. The van der Waals surface area contributed by atoms with E-state index in [-0.39, 0.29) is 5.91 Å². The second-order valence-corrected chi connectivity index (χ2v) is 6.97. The average molecular weight is 367 g/mol. The largest absolute Gasteiger partial charge is 0.493 e. The highest BCUT2D eigenvalue weighted by Gasteiger charge is 2.28. The van der Waals surface area contributed by atoms with Crippen LogP contribution in [-0.2, 0) is 0 Å². The van der Waals surface area contributed by atoms with Crippen LogP contribution in [0.3, 0.4) is 0 Å². The van der Waals surface area contributed by atoms with Crippen molar-refractivity contribution in [3.63, 3.8) is 0 Å². The number of halogens is 1. The molecule has 4 nitrogen and oxygen atoms in total. The number of amides is 1. The summed E-state index contributed by atoms with van der Waals surface area (Å²) in [6.45, 7) is 7.40. The number of nitrogens with zero attached hydrogens (tertiary/aromatic N) is 2. The minimum Gasteiger partial charge on any atom is -0.493 e. The SMILES string of the molecule is CCOc1cc(C(=O)N2CCN(CC3CC3)CC2)ccc1Br. The fraction of sp³-hybridized carbons (Fsp3) is 0.588. The van der Waals surface area contributed by atoms with Crippen molar-refractivity contribution < 1.29 is 9.53 Å². The van der Waals surface area contributed by atoms with Gasteiger partial charge in [0.1, 0.15) is 5.75 Å². The van der Waals surface area contributed by atoms with Crippen LogP contribution in [0.25, 0.3) is 0 Å². The molecule has 1 aliphatic heterocycles. The van der Waals surface area contributed by atoms with Gasteiger partial charge in [0.25, 0.3) is 5.91 Å². The zero-order valence-electron chi connectivity index (χ0n) is 13.1. The Morgan fingerprint density at radius 2 is 2.00 bits per heavy atom. The Morgan fingerprint density at radius 1 is 1.27 bits per heavy atom. The molecule has 2 aliphatic rings. The van der Waals surface area contributed by atoms with Gasteiger partial charge < -0.3 is 9.64 Å². The van der Waals surface area contributed by atoms with Crippen molar-refractivity contribution in [3.8, 4) is 5.75 Å². The highest BCUT2D eigenvalue weighted by atomic mass is 79.9. The lowest BCUT2D eigenvalue weighted by Gasteiger charge is -2.34. The lowest BCUT2D eigenvalue weighted by Crippen LogP contribution is -2.49. The average Bonchev–Trinajstić information content (AvgIpc) is 3.34. The van der Waals surface area contributed by atoms with E-state index >= 15 is 0 Å². The first-order chi connectivity index (χ1) is 10.7. The lowest BCUT2D eigenvalue weighted by atomic mass is 10.1. The Hall–Kier alpha value is -1.07. The molecule has 1 amide bonds. The van der Waals surface area contributed by atoms with Crippen LogP contribution in [0.2, 0.25) is 0 Å². The van der Waals surface area contributed by atoms with Gasteiger partial charge in [-0.25, -0.2) is 0 Å². The molecule has 0 spiro atoms. The number of hydrogen-bond acceptors (Lipinski definition) is 3. The number of carbonyl (C=O) groups is 1. The molecule has 0 aromatic heterocycles. The van der Waals surface area contributed by atoms with Crippen LogP contribution in [0.4, 0.5) is 0 Å². The molecule has 2 fully saturated rings. The number of benzene rings is 1. The molecule has 0 bridgehead atoms. The summed E-state index contributed by atoms with van der Waals surface area (Å²) in [5, 5.41) is 0. The summed E-state index contributed by atoms with van der Waals surface area (Å²) >= 11 is 3.46. The zero-order chi connectivity index (χ0) is 15.5. The summed E-state index contributed by atoms with van der Waals surface area (Å²) < 4.78 is 6.45. The molecule has 1 aromatic rings. The van der Waals surface area contributed by atoms with Crippen molar-refractivity contribution in [2.24, 2.45) is 5.92 Å². The van der Waals surface area contributed by atoms with Gasteiger partial charge in [0, 0.05) is 38.3 Å².